The minimum Gasteiger partial charge on any atom is -0.324 e. The number of nitrogens with one attached hydrogen (secondary N) is 1. The summed E-state index contributed by atoms with van der Waals surface area (Å²) in [7, 11) is 0. The van der Waals surface area contributed by atoms with Gasteiger partial charge in [-0.1, -0.05) is 19.3 Å². The maximum atomic E-state index is 12.7. The Kier molecular flexibility index (Phi) is 5.36. The SMILES string of the molecule is Cc1cc(NC(=O)N2CCC(C(F)F)CC2)nn1C1CCCCC1. The van der Waals surface area contributed by atoms with Gasteiger partial charge in [-0.2, -0.15) is 5.10 Å². The van der Waals surface area contributed by atoms with Crippen LogP contribution in [0.15, 0.2) is 6.07 Å². The summed E-state index contributed by atoms with van der Waals surface area (Å²) >= 11 is 0. The zero-order chi connectivity index (χ0) is 17.1. The zero-order valence-electron chi connectivity index (χ0n) is 14.2. The molecule has 0 spiro atoms. The molecular weight excluding hydrogens is 314 g/mol. The van der Waals surface area contributed by atoms with Crippen LogP contribution in [-0.4, -0.2) is 40.2 Å². The molecule has 2 amide bonds. The Labute approximate surface area is 141 Å². The molecule has 0 aromatic carbocycles. The van der Waals surface area contributed by atoms with E-state index in [1.807, 2.05) is 17.7 Å². The highest BCUT2D eigenvalue weighted by molar-refractivity contribution is 5.88. The molecule has 134 valence electrons. The zero-order valence-corrected chi connectivity index (χ0v) is 14.2. The van der Waals surface area contributed by atoms with Crippen molar-refractivity contribution in [2.24, 2.45) is 5.92 Å². The van der Waals surface area contributed by atoms with Crippen molar-refractivity contribution in [1.29, 1.82) is 0 Å². The minimum atomic E-state index is -2.29. The van der Waals surface area contributed by atoms with Gasteiger partial charge in [0.25, 0.3) is 0 Å². The van der Waals surface area contributed by atoms with Gasteiger partial charge in [-0.05, 0) is 32.6 Å². The Hall–Kier alpha value is -1.66. The lowest BCUT2D eigenvalue weighted by Gasteiger charge is -2.31. The fourth-order valence-corrected chi connectivity index (χ4v) is 3.79. The topological polar surface area (TPSA) is 50.2 Å². The van der Waals surface area contributed by atoms with Crippen LogP contribution in [-0.2, 0) is 0 Å². The highest BCUT2D eigenvalue weighted by Crippen LogP contribution is 2.29. The first kappa shape index (κ1) is 17.2. The van der Waals surface area contributed by atoms with E-state index in [0.29, 0.717) is 37.8 Å². The molecule has 1 N–H and O–H groups in total. The fraction of sp³-hybridized carbons (Fsp3) is 0.765. The van der Waals surface area contributed by atoms with Crippen molar-refractivity contribution in [3.8, 4) is 0 Å². The van der Waals surface area contributed by atoms with Crippen LogP contribution in [0, 0.1) is 12.8 Å². The van der Waals surface area contributed by atoms with Crippen LogP contribution in [0.2, 0.25) is 0 Å². The van der Waals surface area contributed by atoms with Gasteiger partial charge < -0.3 is 4.90 Å². The number of nitrogens with zero attached hydrogens (tertiary/aromatic N) is 3. The molecule has 7 heteroatoms. The lowest BCUT2D eigenvalue weighted by molar-refractivity contribution is 0.0433. The molecule has 1 aromatic rings. The molecule has 1 saturated carbocycles. The molecule has 0 atom stereocenters. The van der Waals surface area contributed by atoms with E-state index in [1.165, 1.54) is 19.3 Å². The van der Waals surface area contributed by atoms with Crippen molar-refractivity contribution in [1.82, 2.24) is 14.7 Å². The Morgan fingerprint density at radius 2 is 1.88 bits per heavy atom. The van der Waals surface area contributed by atoms with Gasteiger partial charge in [-0.25, -0.2) is 13.6 Å². The summed E-state index contributed by atoms with van der Waals surface area (Å²) in [4.78, 5) is 13.9. The van der Waals surface area contributed by atoms with Crippen molar-refractivity contribution in [2.45, 2.75) is 64.3 Å². The maximum Gasteiger partial charge on any atom is 0.323 e. The van der Waals surface area contributed by atoms with Crippen molar-refractivity contribution < 1.29 is 13.6 Å². The summed E-state index contributed by atoms with van der Waals surface area (Å²) in [5, 5.41) is 7.37. The number of carbonyl (C=O) groups is 1. The standard InChI is InChI=1S/C17H26F2N4O/c1-12-11-15(21-23(12)14-5-3-2-4-6-14)20-17(24)22-9-7-13(8-10-22)16(18)19/h11,13-14,16H,2-10H2,1H3,(H,20,21,24). The number of anilines is 1. The number of likely N-dealkylation sites (tertiary alicyclic amines) is 1. The van der Waals surface area contributed by atoms with Gasteiger partial charge in [-0.15, -0.1) is 0 Å². The number of alkyl halides is 2. The van der Waals surface area contributed by atoms with Crippen LogP contribution in [0.5, 0.6) is 0 Å². The highest BCUT2D eigenvalue weighted by Gasteiger charge is 2.28. The van der Waals surface area contributed by atoms with Gasteiger partial charge in [0.1, 0.15) is 0 Å². The molecule has 1 saturated heterocycles. The number of rotatable bonds is 3. The number of piperidine rings is 1. The molecule has 0 radical (unpaired) electrons. The summed E-state index contributed by atoms with van der Waals surface area (Å²) in [6.45, 7) is 2.76. The molecule has 24 heavy (non-hydrogen) atoms. The van der Waals surface area contributed by atoms with E-state index < -0.39 is 12.3 Å². The quantitative estimate of drug-likeness (QED) is 0.896. The number of carbonyl (C=O) groups excluding carboxylic acids is 1. The number of halogens is 2. The number of hydrogen-bond donors (Lipinski definition) is 1. The summed E-state index contributed by atoms with van der Waals surface area (Å²) in [5.41, 5.74) is 1.05. The average Bonchev–Trinajstić information content (AvgIpc) is 2.96. The van der Waals surface area contributed by atoms with E-state index in [-0.39, 0.29) is 6.03 Å². The number of urea groups is 1. The Morgan fingerprint density at radius 1 is 1.21 bits per heavy atom. The van der Waals surface area contributed by atoms with Crippen molar-refractivity contribution >= 4 is 11.8 Å². The van der Waals surface area contributed by atoms with Gasteiger partial charge in [0, 0.05) is 30.8 Å². The van der Waals surface area contributed by atoms with E-state index in [2.05, 4.69) is 10.4 Å². The lowest BCUT2D eigenvalue weighted by atomic mass is 9.95. The summed E-state index contributed by atoms with van der Waals surface area (Å²) in [6.07, 6.45) is 4.45. The van der Waals surface area contributed by atoms with Crippen molar-refractivity contribution in [2.75, 3.05) is 18.4 Å². The molecule has 1 aliphatic carbocycles. The average molecular weight is 340 g/mol. The van der Waals surface area contributed by atoms with Crippen LogP contribution in [0.4, 0.5) is 19.4 Å². The summed E-state index contributed by atoms with van der Waals surface area (Å²) < 4.78 is 27.4. The van der Waals surface area contributed by atoms with Crippen LogP contribution in [0.25, 0.3) is 0 Å². The third-order valence-corrected chi connectivity index (χ3v) is 5.26. The van der Waals surface area contributed by atoms with Crippen molar-refractivity contribution in [3.05, 3.63) is 11.8 Å². The van der Waals surface area contributed by atoms with Crippen LogP contribution in [0.1, 0.15) is 56.7 Å². The largest absolute Gasteiger partial charge is 0.324 e. The normalized spacial score (nSPS) is 20.6. The molecular formula is C17H26F2N4O. The van der Waals surface area contributed by atoms with E-state index in [0.717, 1.165) is 18.5 Å². The van der Waals surface area contributed by atoms with E-state index in [4.69, 9.17) is 0 Å². The summed E-state index contributed by atoms with van der Waals surface area (Å²) in [6, 6.07) is 2.07. The smallest absolute Gasteiger partial charge is 0.323 e. The molecule has 0 unspecified atom stereocenters. The third kappa shape index (κ3) is 3.87. The monoisotopic (exact) mass is 340 g/mol. The maximum absolute atomic E-state index is 12.7. The fourth-order valence-electron chi connectivity index (χ4n) is 3.79. The molecule has 2 heterocycles. The number of amides is 2. The predicted molar refractivity (Wildman–Crippen MR) is 88.4 cm³/mol. The van der Waals surface area contributed by atoms with E-state index >= 15 is 0 Å². The molecule has 2 aliphatic rings. The first-order valence-corrected chi connectivity index (χ1v) is 8.95. The summed E-state index contributed by atoms with van der Waals surface area (Å²) in [5.74, 6) is -0.0270. The second-order valence-corrected chi connectivity index (χ2v) is 7.00. The third-order valence-electron chi connectivity index (χ3n) is 5.26. The second-order valence-electron chi connectivity index (χ2n) is 7.00. The van der Waals surface area contributed by atoms with Gasteiger partial charge in [0.2, 0.25) is 6.43 Å². The minimum absolute atomic E-state index is 0.240. The van der Waals surface area contributed by atoms with Gasteiger partial charge >= 0.3 is 6.03 Å². The van der Waals surface area contributed by atoms with Gasteiger partial charge in [0.05, 0.1) is 6.04 Å². The Bertz CT molecular complexity index is 561. The predicted octanol–water partition coefficient (Wildman–Crippen LogP) is 4.21. The molecule has 1 aliphatic heterocycles. The molecule has 3 rings (SSSR count). The Morgan fingerprint density at radius 3 is 2.50 bits per heavy atom. The van der Waals surface area contributed by atoms with Gasteiger partial charge in [0.15, 0.2) is 5.82 Å². The van der Waals surface area contributed by atoms with Crippen LogP contribution < -0.4 is 5.32 Å². The molecule has 5 nitrogen and oxygen atoms in total. The molecule has 0 bridgehead atoms. The van der Waals surface area contributed by atoms with Crippen LogP contribution >= 0.6 is 0 Å². The first-order chi connectivity index (χ1) is 11.5. The van der Waals surface area contributed by atoms with E-state index in [1.54, 1.807) is 4.90 Å². The number of aromatic nitrogens is 2. The number of hydrogen-bond acceptors (Lipinski definition) is 2. The highest BCUT2D eigenvalue weighted by atomic mass is 19.3. The molecule has 1 aromatic heterocycles. The Balaban J connectivity index is 1.57. The van der Waals surface area contributed by atoms with Crippen molar-refractivity contribution in [3.63, 3.8) is 0 Å². The van der Waals surface area contributed by atoms with Gasteiger partial charge in [-0.3, -0.25) is 10.00 Å². The lowest BCUT2D eigenvalue weighted by Crippen LogP contribution is -2.42. The van der Waals surface area contributed by atoms with E-state index in [9.17, 15) is 13.6 Å². The second kappa shape index (κ2) is 7.49. The number of aryl methyl sites for hydroxylation is 1. The first-order valence-electron chi connectivity index (χ1n) is 8.95. The molecule has 2 fully saturated rings. The van der Waals surface area contributed by atoms with Crippen LogP contribution in [0.3, 0.4) is 0 Å².